The van der Waals surface area contributed by atoms with E-state index in [1.165, 1.54) is 99.0 Å². The van der Waals surface area contributed by atoms with Crippen LogP contribution in [0.5, 0.6) is 0 Å². The maximum Gasteiger partial charge on any atom is 0.0619 e. The first-order valence-electron chi connectivity index (χ1n) is 19.7. The quantitative estimate of drug-likeness (QED) is 0.151. The van der Waals surface area contributed by atoms with E-state index >= 15 is 0 Å². The van der Waals surface area contributed by atoms with Crippen molar-refractivity contribution in [2.24, 2.45) is 0 Å². The van der Waals surface area contributed by atoms with Gasteiger partial charge in [0.25, 0.3) is 0 Å². The zero-order chi connectivity index (χ0) is 37.7. The molecule has 0 bridgehead atoms. The van der Waals surface area contributed by atoms with Crippen molar-refractivity contribution < 1.29 is 0 Å². The van der Waals surface area contributed by atoms with Crippen molar-refractivity contribution in [1.29, 1.82) is 0 Å². The Hall–Kier alpha value is -7.48. The predicted octanol–water partition coefficient (Wildman–Crippen LogP) is 15.4. The summed E-state index contributed by atoms with van der Waals surface area (Å²) < 4.78 is 2.48. The van der Waals surface area contributed by atoms with Gasteiger partial charge in [-0.05, 0) is 108 Å². The number of hydrogen-bond acceptors (Lipinski definition) is 0. The van der Waals surface area contributed by atoms with E-state index in [4.69, 9.17) is 0 Å². The number of fused-ring (bicyclic) bond motifs is 5. The normalized spacial score (nSPS) is 11.5. The summed E-state index contributed by atoms with van der Waals surface area (Å²) in [4.78, 5) is 0. The SMILES string of the molecule is c1ccc(-c2ccc3c(c2)c2cc(-c4ccccc4)cc(-c4ccccc4)c2n3-c2ccc(-c3c4ccccc4c(-c4ccccc4)c4ccccc34)cc2)cc1. The second kappa shape index (κ2) is 13.7. The summed E-state index contributed by atoms with van der Waals surface area (Å²) in [6, 6.07) is 81.9. The number of benzene rings is 10. The van der Waals surface area contributed by atoms with Gasteiger partial charge in [0.05, 0.1) is 11.0 Å². The molecule has 0 spiro atoms. The molecular formula is C56H37N. The third kappa shape index (κ3) is 5.55. The average molecular weight is 724 g/mol. The number of aromatic nitrogens is 1. The van der Waals surface area contributed by atoms with Gasteiger partial charge in [-0.1, -0.05) is 188 Å². The summed E-state index contributed by atoms with van der Waals surface area (Å²) in [7, 11) is 0. The Labute approximate surface area is 332 Å². The van der Waals surface area contributed by atoms with Crippen molar-refractivity contribution in [1.82, 2.24) is 4.57 Å². The molecule has 0 aliphatic carbocycles. The lowest BCUT2D eigenvalue weighted by atomic mass is 9.86. The summed E-state index contributed by atoms with van der Waals surface area (Å²) in [6.07, 6.45) is 0. The molecule has 0 N–H and O–H groups in total. The second-order valence-corrected chi connectivity index (χ2v) is 14.8. The van der Waals surface area contributed by atoms with Gasteiger partial charge in [-0.15, -0.1) is 0 Å². The Morgan fingerprint density at radius 1 is 0.246 bits per heavy atom. The van der Waals surface area contributed by atoms with E-state index in [9.17, 15) is 0 Å². The molecule has 0 amide bonds. The van der Waals surface area contributed by atoms with Gasteiger partial charge >= 0.3 is 0 Å². The van der Waals surface area contributed by atoms with E-state index in [0.29, 0.717) is 0 Å². The fourth-order valence-electron chi connectivity index (χ4n) is 8.99. The zero-order valence-corrected chi connectivity index (χ0v) is 31.3. The first-order valence-corrected chi connectivity index (χ1v) is 19.7. The van der Waals surface area contributed by atoms with Crippen LogP contribution in [0.4, 0.5) is 0 Å². The van der Waals surface area contributed by atoms with Crippen molar-refractivity contribution >= 4 is 43.4 Å². The molecule has 266 valence electrons. The standard InChI is InChI=1S/C56H37N/c1-5-17-38(18-6-1)43-31-34-53-51(35-43)52-37-44(39-19-7-2-8-20-39)36-50(40-21-9-3-10-22-40)56(52)57(53)45-32-29-42(30-33-45)55-48-27-15-13-25-46(48)54(41-23-11-4-12-24-41)47-26-14-16-28-49(47)55/h1-37H. The van der Waals surface area contributed by atoms with Crippen LogP contribution in [-0.4, -0.2) is 4.57 Å². The maximum atomic E-state index is 2.48. The first kappa shape index (κ1) is 32.9. The lowest BCUT2D eigenvalue weighted by Gasteiger charge is -2.18. The van der Waals surface area contributed by atoms with Crippen LogP contribution in [0.3, 0.4) is 0 Å². The van der Waals surface area contributed by atoms with Gasteiger partial charge in [0.2, 0.25) is 0 Å². The number of rotatable bonds is 6. The van der Waals surface area contributed by atoms with Gasteiger partial charge in [0.1, 0.15) is 0 Å². The summed E-state index contributed by atoms with van der Waals surface area (Å²) in [6.45, 7) is 0. The molecule has 1 heteroatoms. The Bertz CT molecular complexity index is 3180. The minimum absolute atomic E-state index is 1.13. The van der Waals surface area contributed by atoms with Crippen LogP contribution in [0.2, 0.25) is 0 Å². The third-order valence-corrected chi connectivity index (χ3v) is 11.6. The number of nitrogens with zero attached hydrogens (tertiary/aromatic N) is 1. The first-order chi connectivity index (χ1) is 28.3. The lowest BCUT2D eigenvalue weighted by Crippen LogP contribution is -1.97. The van der Waals surface area contributed by atoms with E-state index in [-0.39, 0.29) is 0 Å². The van der Waals surface area contributed by atoms with Crippen molar-refractivity contribution in [3.63, 3.8) is 0 Å². The summed E-state index contributed by atoms with van der Waals surface area (Å²) in [5.41, 5.74) is 15.7. The van der Waals surface area contributed by atoms with E-state index in [1.807, 2.05) is 0 Å². The van der Waals surface area contributed by atoms with Crippen LogP contribution in [-0.2, 0) is 0 Å². The molecule has 0 radical (unpaired) electrons. The molecule has 0 aliphatic rings. The molecule has 11 rings (SSSR count). The van der Waals surface area contributed by atoms with Gasteiger partial charge in [0, 0.05) is 22.0 Å². The molecule has 1 heterocycles. The van der Waals surface area contributed by atoms with Crippen molar-refractivity contribution in [2.45, 2.75) is 0 Å². The Kier molecular flexibility index (Phi) is 7.89. The predicted molar refractivity (Wildman–Crippen MR) is 243 cm³/mol. The molecule has 0 aliphatic heterocycles. The van der Waals surface area contributed by atoms with Gasteiger partial charge in [-0.2, -0.15) is 0 Å². The minimum atomic E-state index is 1.13. The van der Waals surface area contributed by atoms with E-state index in [1.54, 1.807) is 0 Å². The smallest absolute Gasteiger partial charge is 0.0619 e. The second-order valence-electron chi connectivity index (χ2n) is 14.8. The highest BCUT2D eigenvalue weighted by atomic mass is 15.0. The fourth-order valence-corrected chi connectivity index (χ4v) is 8.99. The summed E-state index contributed by atoms with van der Waals surface area (Å²) in [5, 5.41) is 7.51. The fraction of sp³-hybridized carbons (Fsp3) is 0. The average Bonchev–Trinajstić information content (AvgIpc) is 3.62. The number of hydrogen-bond donors (Lipinski definition) is 0. The van der Waals surface area contributed by atoms with Gasteiger partial charge < -0.3 is 4.57 Å². The van der Waals surface area contributed by atoms with Crippen LogP contribution in [0, 0.1) is 0 Å². The molecule has 10 aromatic carbocycles. The zero-order valence-electron chi connectivity index (χ0n) is 31.3. The molecule has 0 saturated heterocycles. The highest BCUT2D eigenvalue weighted by molar-refractivity contribution is 6.21. The van der Waals surface area contributed by atoms with E-state index in [2.05, 4.69) is 229 Å². The minimum Gasteiger partial charge on any atom is -0.309 e. The molecule has 0 fully saturated rings. The van der Waals surface area contributed by atoms with Crippen LogP contribution in [0.15, 0.2) is 224 Å². The van der Waals surface area contributed by atoms with Crippen LogP contribution in [0.25, 0.3) is 105 Å². The van der Waals surface area contributed by atoms with Crippen LogP contribution < -0.4 is 0 Å². The van der Waals surface area contributed by atoms with E-state index in [0.717, 1.165) is 5.69 Å². The Morgan fingerprint density at radius 2 is 0.649 bits per heavy atom. The van der Waals surface area contributed by atoms with Crippen molar-refractivity contribution in [2.75, 3.05) is 0 Å². The Morgan fingerprint density at radius 3 is 1.18 bits per heavy atom. The monoisotopic (exact) mass is 723 g/mol. The summed E-state index contributed by atoms with van der Waals surface area (Å²) >= 11 is 0. The third-order valence-electron chi connectivity index (χ3n) is 11.6. The van der Waals surface area contributed by atoms with Crippen molar-refractivity contribution in [3.05, 3.63) is 224 Å². The van der Waals surface area contributed by atoms with Crippen molar-refractivity contribution in [3.8, 4) is 61.3 Å². The lowest BCUT2D eigenvalue weighted by molar-refractivity contribution is 1.18. The van der Waals surface area contributed by atoms with Gasteiger partial charge in [-0.25, -0.2) is 0 Å². The van der Waals surface area contributed by atoms with Crippen LogP contribution in [0.1, 0.15) is 0 Å². The van der Waals surface area contributed by atoms with Gasteiger partial charge in [0.15, 0.2) is 0 Å². The van der Waals surface area contributed by atoms with Gasteiger partial charge in [-0.3, -0.25) is 0 Å². The van der Waals surface area contributed by atoms with Crippen LogP contribution >= 0.6 is 0 Å². The topological polar surface area (TPSA) is 4.93 Å². The summed E-state index contributed by atoms with van der Waals surface area (Å²) in [5.74, 6) is 0. The van der Waals surface area contributed by atoms with E-state index < -0.39 is 0 Å². The largest absolute Gasteiger partial charge is 0.309 e. The molecule has 0 unspecified atom stereocenters. The molecular weight excluding hydrogens is 687 g/mol. The maximum absolute atomic E-state index is 2.48. The molecule has 1 nitrogen and oxygen atoms in total. The molecule has 11 aromatic rings. The highest BCUT2D eigenvalue weighted by Gasteiger charge is 2.21. The molecule has 0 atom stereocenters. The molecule has 0 saturated carbocycles. The highest BCUT2D eigenvalue weighted by Crippen LogP contribution is 2.45. The molecule has 1 aromatic heterocycles. The molecule has 57 heavy (non-hydrogen) atoms. The Balaban J connectivity index is 1.17.